The number of hydrogen-bond donors (Lipinski definition) is 2. The molecule has 1 saturated heterocycles. The van der Waals surface area contributed by atoms with Crippen LogP contribution in [-0.4, -0.2) is 32.8 Å². The van der Waals surface area contributed by atoms with E-state index in [1.165, 1.54) is 38.1 Å². The van der Waals surface area contributed by atoms with Crippen molar-refractivity contribution >= 4 is 0 Å². The highest BCUT2D eigenvalue weighted by atomic mass is 35.5. The molecule has 7 heteroatoms. The molecule has 0 radical (unpaired) electrons. The van der Waals surface area contributed by atoms with Crippen molar-refractivity contribution in [2.75, 3.05) is 26.7 Å². The molecule has 0 aliphatic carbocycles. The van der Waals surface area contributed by atoms with Gasteiger partial charge in [0.1, 0.15) is 31.6 Å². The van der Waals surface area contributed by atoms with Gasteiger partial charge in [0, 0.05) is 12.8 Å². The van der Waals surface area contributed by atoms with Crippen molar-refractivity contribution in [1.29, 1.82) is 0 Å². The summed E-state index contributed by atoms with van der Waals surface area (Å²) in [5.74, 6) is 1.29. The van der Waals surface area contributed by atoms with Gasteiger partial charge in [0.25, 0.3) is 0 Å². The van der Waals surface area contributed by atoms with Gasteiger partial charge < -0.3 is 44.5 Å². The minimum atomic E-state index is -0.235. The quantitative estimate of drug-likeness (QED) is 0.409. The molecule has 3 N–H and O–H groups in total. The molecule has 3 rings (SSSR count). The summed E-state index contributed by atoms with van der Waals surface area (Å²) in [6.07, 6.45) is 2.67. The van der Waals surface area contributed by atoms with E-state index in [9.17, 15) is 4.39 Å². The first-order chi connectivity index (χ1) is 13.2. The summed E-state index contributed by atoms with van der Waals surface area (Å²) >= 11 is 0. The zero-order valence-corrected chi connectivity index (χ0v) is 18.6. The van der Waals surface area contributed by atoms with Crippen LogP contribution < -0.4 is 44.5 Å². The highest BCUT2D eigenvalue weighted by molar-refractivity contribution is 5.46. The Morgan fingerprint density at radius 1 is 1.14 bits per heavy atom. The van der Waals surface area contributed by atoms with Gasteiger partial charge >= 0.3 is 0 Å². The van der Waals surface area contributed by atoms with E-state index in [2.05, 4.69) is 18.3 Å². The summed E-state index contributed by atoms with van der Waals surface area (Å²) < 4.78 is 24.7. The number of para-hydroxylation sites is 1. The van der Waals surface area contributed by atoms with E-state index >= 15 is 0 Å². The molecule has 29 heavy (non-hydrogen) atoms. The highest BCUT2D eigenvalue weighted by Crippen LogP contribution is 2.31. The molecule has 2 atom stereocenters. The fourth-order valence-electron chi connectivity index (χ4n) is 3.96. The second kappa shape index (κ2) is 12.9. The van der Waals surface area contributed by atoms with Crippen LogP contribution in [0, 0.1) is 5.82 Å². The molecular formula is C22H31Cl2FN2O2. The molecule has 0 spiro atoms. The summed E-state index contributed by atoms with van der Waals surface area (Å²) in [5.41, 5.74) is 2.07. The average molecular weight is 445 g/mol. The van der Waals surface area contributed by atoms with Crippen LogP contribution in [0.4, 0.5) is 4.39 Å². The predicted octanol–water partition coefficient (Wildman–Crippen LogP) is -4.45. The minimum absolute atomic E-state index is 0. The van der Waals surface area contributed by atoms with E-state index < -0.39 is 0 Å². The van der Waals surface area contributed by atoms with Crippen LogP contribution in [0.2, 0.25) is 0 Å². The zero-order chi connectivity index (χ0) is 19.1. The van der Waals surface area contributed by atoms with E-state index in [-0.39, 0.29) is 30.6 Å². The molecule has 162 valence electrons. The number of benzene rings is 2. The van der Waals surface area contributed by atoms with Crippen molar-refractivity contribution in [3.8, 4) is 11.5 Å². The molecule has 0 amide bonds. The van der Waals surface area contributed by atoms with Crippen LogP contribution in [-0.2, 0) is 13.2 Å². The number of methoxy groups -OCH3 is 1. The van der Waals surface area contributed by atoms with Crippen molar-refractivity contribution in [3.63, 3.8) is 0 Å². The number of quaternary nitrogens is 2. The number of halogens is 3. The van der Waals surface area contributed by atoms with Gasteiger partial charge in [-0.1, -0.05) is 18.2 Å². The van der Waals surface area contributed by atoms with Crippen LogP contribution in [0.15, 0.2) is 42.5 Å². The molecular weight excluding hydrogens is 414 g/mol. The number of ether oxygens (including phenoxy) is 2. The lowest BCUT2D eigenvalue weighted by Gasteiger charge is -2.19. The number of nitrogens with one attached hydrogen (secondary N) is 1. The third-order valence-corrected chi connectivity index (χ3v) is 5.47. The normalized spacial score (nSPS) is 17.9. The topological polar surface area (TPSA) is 39.5 Å². The van der Waals surface area contributed by atoms with E-state index in [4.69, 9.17) is 9.47 Å². The van der Waals surface area contributed by atoms with Crippen LogP contribution in [0.3, 0.4) is 0 Å². The minimum Gasteiger partial charge on any atom is -1.00 e. The number of hydrogen-bond acceptors (Lipinski definition) is 2. The monoisotopic (exact) mass is 444 g/mol. The van der Waals surface area contributed by atoms with E-state index in [1.54, 1.807) is 24.1 Å². The Morgan fingerprint density at radius 2 is 1.90 bits per heavy atom. The zero-order valence-electron chi connectivity index (χ0n) is 17.1. The summed E-state index contributed by atoms with van der Waals surface area (Å²) in [6, 6.07) is 13.2. The maximum atomic E-state index is 13.1. The van der Waals surface area contributed by atoms with Crippen LogP contribution in [0.1, 0.15) is 30.9 Å². The smallest absolute Gasteiger partial charge is 0.170 e. The maximum absolute atomic E-state index is 13.1. The van der Waals surface area contributed by atoms with Crippen molar-refractivity contribution in [2.24, 2.45) is 0 Å². The van der Waals surface area contributed by atoms with E-state index in [1.807, 2.05) is 12.1 Å². The van der Waals surface area contributed by atoms with Crippen LogP contribution >= 0.6 is 0 Å². The van der Waals surface area contributed by atoms with Crippen LogP contribution in [0.5, 0.6) is 11.5 Å². The molecule has 1 fully saturated rings. The second-order valence-electron chi connectivity index (χ2n) is 7.19. The van der Waals surface area contributed by atoms with Gasteiger partial charge in [0.2, 0.25) is 0 Å². The first-order valence-corrected chi connectivity index (χ1v) is 9.90. The lowest BCUT2D eigenvalue weighted by atomic mass is 10.1. The Morgan fingerprint density at radius 3 is 2.59 bits per heavy atom. The van der Waals surface area contributed by atoms with Crippen molar-refractivity contribution < 1.29 is 48.9 Å². The van der Waals surface area contributed by atoms with Gasteiger partial charge in [-0.05, 0) is 36.8 Å². The molecule has 0 aromatic heterocycles. The van der Waals surface area contributed by atoms with Crippen molar-refractivity contribution in [3.05, 3.63) is 59.4 Å². The molecule has 2 aromatic rings. The molecule has 2 unspecified atom stereocenters. The third kappa shape index (κ3) is 7.03. The van der Waals surface area contributed by atoms with E-state index in [0.29, 0.717) is 6.61 Å². The third-order valence-electron chi connectivity index (χ3n) is 5.47. The Hall–Kier alpha value is -1.53. The van der Waals surface area contributed by atoms with Gasteiger partial charge in [0.05, 0.1) is 25.8 Å². The van der Waals surface area contributed by atoms with Gasteiger partial charge in [-0.25, -0.2) is 4.39 Å². The molecule has 0 bridgehead atoms. The van der Waals surface area contributed by atoms with Gasteiger partial charge in [-0.15, -0.1) is 0 Å². The Bertz CT molecular complexity index is 731. The first kappa shape index (κ1) is 25.5. The average Bonchev–Trinajstić information content (AvgIpc) is 3.15. The molecule has 0 saturated carbocycles. The van der Waals surface area contributed by atoms with Gasteiger partial charge in [-0.2, -0.15) is 0 Å². The number of likely N-dealkylation sites (tertiary alicyclic amines) is 1. The van der Waals surface area contributed by atoms with Gasteiger partial charge in [0.15, 0.2) is 11.5 Å². The molecule has 4 nitrogen and oxygen atoms in total. The standard InChI is InChI=1S/C22H29FN2O2.2ClH/c1-3-25-13-5-7-20(25)15-24-14-18-6-4-8-21(26-2)22(18)27-16-17-9-11-19(23)12-10-17;;/h4,6,8-12,20,24H,3,5,7,13-16H2,1-2H3;2*1H. The second-order valence-corrected chi connectivity index (χ2v) is 7.19. The fourth-order valence-corrected chi connectivity index (χ4v) is 3.96. The SMILES string of the molecule is CC[NH+]1CCCC1C[NH2+]Cc1cccc(OC)c1OCc1ccc(F)cc1.[Cl-].[Cl-]. The summed E-state index contributed by atoms with van der Waals surface area (Å²) in [5, 5.41) is 2.38. The number of rotatable bonds is 9. The summed E-state index contributed by atoms with van der Waals surface area (Å²) in [6.45, 7) is 7.19. The lowest BCUT2D eigenvalue weighted by Crippen LogP contribution is -3.16. The number of likely N-dealkylation sites (N-methyl/N-ethyl adjacent to an activating group) is 1. The lowest BCUT2D eigenvalue weighted by molar-refractivity contribution is -0.925. The van der Waals surface area contributed by atoms with E-state index in [0.717, 1.165) is 41.8 Å². The number of nitrogens with two attached hydrogens (primary N) is 1. The maximum Gasteiger partial charge on any atom is 0.170 e. The predicted molar refractivity (Wildman–Crippen MR) is 104 cm³/mol. The molecule has 1 heterocycles. The Kier molecular flexibility index (Phi) is 11.4. The Labute approximate surface area is 185 Å². The highest BCUT2D eigenvalue weighted by Gasteiger charge is 2.28. The fraction of sp³-hybridized carbons (Fsp3) is 0.455. The molecule has 1 aliphatic heterocycles. The molecule has 1 aliphatic rings. The Balaban J connectivity index is 0.00000210. The van der Waals surface area contributed by atoms with Crippen LogP contribution in [0.25, 0.3) is 0 Å². The molecule has 2 aromatic carbocycles. The van der Waals surface area contributed by atoms with Crippen molar-refractivity contribution in [1.82, 2.24) is 0 Å². The first-order valence-electron chi connectivity index (χ1n) is 9.90. The van der Waals surface area contributed by atoms with Gasteiger partial charge in [-0.3, -0.25) is 0 Å². The largest absolute Gasteiger partial charge is 1.00 e. The summed E-state index contributed by atoms with van der Waals surface area (Å²) in [7, 11) is 1.66. The van der Waals surface area contributed by atoms with Crippen molar-refractivity contribution in [2.45, 2.75) is 39.0 Å². The summed E-state index contributed by atoms with van der Waals surface area (Å²) in [4.78, 5) is 1.73.